The highest BCUT2D eigenvalue weighted by atomic mass is 35.5. The number of aryl methyl sites for hydroxylation is 1. The second-order valence-electron chi connectivity index (χ2n) is 5.11. The van der Waals surface area contributed by atoms with Gasteiger partial charge in [0, 0.05) is 23.3 Å². The van der Waals surface area contributed by atoms with Crippen LogP contribution < -0.4 is 5.32 Å². The van der Waals surface area contributed by atoms with Crippen molar-refractivity contribution < 1.29 is 0 Å². The van der Waals surface area contributed by atoms with Crippen molar-refractivity contribution in [1.82, 2.24) is 9.97 Å². The molecule has 106 valence electrons. The molecule has 1 aromatic heterocycles. The van der Waals surface area contributed by atoms with E-state index in [0.717, 1.165) is 30.0 Å². The Labute approximate surface area is 124 Å². The van der Waals surface area contributed by atoms with E-state index in [1.165, 1.54) is 19.3 Å². The molecule has 1 heterocycles. The highest BCUT2D eigenvalue weighted by molar-refractivity contribution is 7.99. The Balaban J connectivity index is 2.18. The smallest absolute Gasteiger partial charge is 0.137 e. The van der Waals surface area contributed by atoms with Crippen LogP contribution in [-0.4, -0.2) is 27.5 Å². The summed E-state index contributed by atoms with van der Waals surface area (Å²) in [5.41, 5.74) is 0.966. The number of thioether (sulfide) groups is 1. The van der Waals surface area contributed by atoms with Crippen molar-refractivity contribution in [2.24, 2.45) is 0 Å². The average Bonchev–Trinajstić information content (AvgIpc) is 2.83. The summed E-state index contributed by atoms with van der Waals surface area (Å²) >= 11 is 8.16. The quantitative estimate of drug-likeness (QED) is 0.831. The Hall–Kier alpha value is -0.480. The molecule has 0 bridgehead atoms. The van der Waals surface area contributed by atoms with E-state index in [2.05, 4.69) is 28.5 Å². The molecule has 1 saturated carbocycles. The van der Waals surface area contributed by atoms with Crippen LogP contribution >= 0.6 is 23.4 Å². The minimum atomic E-state index is 0.508. The van der Waals surface area contributed by atoms with Gasteiger partial charge < -0.3 is 5.32 Å². The van der Waals surface area contributed by atoms with Gasteiger partial charge in [-0.2, -0.15) is 11.8 Å². The first-order valence-corrected chi connectivity index (χ1v) is 8.64. The van der Waals surface area contributed by atoms with Gasteiger partial charge in [-0.05, 0) is 32.4 Å². The van der Waals surface area contributed by atoms with Gasteiger partial charge in [-0.3, -0.25) is 0 Å². The maximum absolute atomic E-state index is 6.21. The van der Waals surface area contributed by atoms with Crippen LogP contribution in [0.2, 0.25) is 5.15 Å². The van der Waals surface area contributed by atoms with Gasteiger partial charge in [0.1, 0.15) is 16.8 Å². The number of rotatable bonds is 5. The first kappa shape index (κ1) is 14.9. The first-order valence-electron chi connectivity index (χ1n) is 6.98. The van der Waals surface area contributed by atoms with Crippen LogP contribution in [-0.2, 0) is 6.42 Å². The van der Waals surface area contributed by atoms with Gasteiger partial charge in [-0.1, -0.05) is 24.9 Å². The Bertz CT molecular complexity index is 439. The predicted octanol–water partition coefficient (Wildman–Crippen LogP) is 4.09. The molecule has 19 heavy (non-hydrogen) atoms. The molecule has 0 aliphatic heterocycles. The summed E-state index contributed by atoms with van der Waals surface area (Å²) in [6, 6.07) is 0.508. The lowest BCUT2D eigenvalue weighted by molar-refractivity contribution is 0.753. The van der Waals surface area contributed by atoms with Crippen molar-refractivity contribution in [3.05, 3.63) is 16.5 Å². The van der Waals surface area contributed by atoms with Gasteiger partial charge in [0.05, 0.1) is 0 Å². The summed E-state index contributed by atoms with van der Waals surface area (Å²) in [5.74, 6) is 1.77. The van der Waals surface area contributed by atoms with E-state index in [4.69, 9.17) is 11.6 Å². The van der Waals surface area contributed by atoms with Gasteiger partial charge in [-0.15, -0.1) is 0 Å². The van der Waals surface area contributed by atoms with E-state index in [9.17, 15) is 0 Å². The van der Waals surface area contributed by atoms with Gasteiger partial charge in [0.15, 0.2) is 0 Å². The van der Waals surface area contributed by atoms with Crippen LogP contribution in [0.3, 0.4) is 0 Å². The molecule has 1 fully saturated rings. The zero-order valence-corrected chi connectivity index (χ0v) is 13.4. The van der Waals surface area contributed by atoms with Gasteiger partial charge >= 0.3 is 0 Å². The minimum Gasteiger partial charge on any atom is -0.366 e. The van der Waals surface area contributed by atoms with E-state index in [1.54, 1.807) is 0 Å². The van der Waals surface area contributed by atoms with Crippen LogP contribution in [0.1, 0.15) is 44.0 Å². The average molecular weight is 300 g/mol. The van der Waals surface area contributed by atoms with Crippen molar-refractivity contribution in [3.8, 4) is 0 Å². The summed E-state index contributed by atoms with van der Waals surface area (Å²) in [6.45, 7) is 4.12. The standard InChI is InChI=1S/C14H22ClN3S/c1-4-6-12-17-13(15)9(2)14(18-12)16-10-7-5-8-11(10)19-3/h10-11H,4-8H2,1-3H3,(H,16,17,18). The lowest BCUT2D eigenvalue weighted by atomic mass is 10.2. The molecule has 0 radical (unpaired) electrons. The molecule has 1 aromatic rings. The molecule has 2 atom stereocenters. The highest BCUT2D eigenvalue weighted by Crippen LogP contribution is 2.32. The molecule has 3 nitrogen and oxygen atoms in total. The molecular weight excluding hydrogens is 278 g/mol. The third-order valence-electron chi connectivity index (χ3n) is 3.68. The minimum absolute atomic E-state index is 0.508. The van der Waals surface area contributed by atoms with Gasteiger partial charge in [0.25, 0.3) is 0 Å². The number of nitrogens with one attached hydrogen (secondary N) is 1. The monoisotopic (exact) mass is 299 g/mol. The summed E-state index contributed by atoms with van der Waals surface area (Å²) in [5, 5.41) is 4.86. The molecule has 2 unspecified atom stereocenters. The van der Waals surface area contributed by atoms with Crippen LogP contribution in [0, 0.1) is 6.92 Å². The first-order chi connectivity index (χ1) is 9.15. The van der Waals surface area contributed by atoms with E-state index in [0.29, 0.717) is 16.4 Å². The second-order valence-corrected chi connectivity index (χ2v) is 6.55. The fraction of sp³-hybridized carbons (Fsp3) is 0.714. The highest BCUT2D eigenvalue weighted by Gasteiger charge is 2.27. The van der Waals surface area contributed by atoms with Crippen molar-refractivity contribution in [3.63, 3.8) is 0 Å². The summed E-state index contributed by atoms with van der Waals surface area (Å²) < 4.78 is 0. The van der Waals surface area contributed by atoms with Crippen LogP contribution in [0.4, 0.5) is 5.82 Å². The molecule has 1 aliphatic rings. The molecule has 1 aliphatic carbocycles. The van der Waals surface area contributed by atoms with Crippen molar-refractivity contribution >= 4 is 29.2 Å². The normalized spacial score (nSPS) is 22.7. The number of hydrogen-bond acceptors (Lipinski definition) is 4. The van der Waals surface area contributed by atoms with E-state index >= 15 is 0 Å². The Morgan fingerprint density at radius 1 is 1.37 bits per heavy atom. The van der Waals surface area contributed by atoms with Crippen LogP contribution in [0.5, 0.6) is 0 Å². The number of anilines is 1. The second kappa shape index (κ2) is 6.80. The third kappa shape index (κ3) is 3.54. The number of halogens is 1. The van der Waals surface area contributed by atoms with Gasteiger partial charge in [-0.25, -0.2) is 9.97 Å². The van der Waals surface area contributed by atoms with Crippen LogP contribution in [0.25, 0.3) is 0 Å². The maximum Gasteiger partial charge on any atom is 0.137 e. The Morgan fingerprint density at radius 3 is 2.84 bits per heavy atom. The molecule has 2 rings (SSSR count). The van der Waals surface area contributed by atoms with E-state index in [-0.39, 0.29) is 0 Å². The fourth-order valence-corrected chi connectivity index (χ4v) is 3.68. The van der Waals surface area contributed by atoms with Crippen molar-refractivity contribution in [2.75, 3.05) is 11.6 Å². The molecule has 1 N–H and O–H groups in total. The Kier molecular flexibility index (Phi) is 5.34. The lowest BCUT2D eigenvalue weighted by Gasteiger charge is -2.21. The molecular formula is C14H22ClN3S. The number of hydrogen-bond donors (Lipinski definition) is 1. The summed E-state index contributed by atoms with van der Waals surface area (Å²) in [7, 11) is 0. The predicted molar refractivity (Wildman–Crippen MR) is 84.3 cm³/mol. The van der Waals surface area contributed by atoms with Crippen LogP contribution in [0.15, 0.2) is 0 Å². The fourth-order valence-electron chi connectivity index (χ4n) is 2.56. The zero-order chi connectivity index (χ0) is 13.8. The zero-order valence-electron chi connectivity index (χ0n) is 11.9. The molecule has 0 saturated heterocycles. The topological polar surface area (TPSA) is 37.8 Å². The van der Waals surface area contributed by atoms with Crippen molar-refractivity contribution in [2.45, 2.75) is 57.2 Å². The van der Waals surface area contributed by atoms with Gasteiger partial charge in [0.2, 0.25) is 0 Å². The number of aromatic nitrogens is 2. The number of nitrogens with zero attached hydrogens (tertiary/aromatic N) is 2. The molecule has 0 amide bonds. The Morgan fingerprint density at radius 2 is 2.16 bits per heavy atom. The molecule has 5 heteroatoms. The lowest BCUT2D eigenvalue weighted by Crippen LogP contribution is -2.27. The summed E-state index contributed by atoms with van der Waals surface area (Å²) in [6.07, 6.45) is 7.91. The third-order valence-corrected chi connectivity index (χ3v) is 5.22. The summed E-state index contributed by atoms with van der Waals surface area (Å²) in [4.78, 5) is 8.99. The van der Waals surface area contributed by atoms with E-state index in [1.807, 2.05) is 18.7 Å². The molecule has 0 spiro atoms. The van der Waals surface area contributed by atoms with E-state index < -0.39 is 0 Å². The largest absolute Gasteiger partial charge is 0.366 e. The SMILES string of the molecule is CCCc1nc(Cl)c(C)c(NC2CCCC2SC)n1. The maximum atomic E-state index is 6.21. The van der Waals surface area contributed by atoms with Crippen molar-refractivity contribution in [1.29, 1.82) is 0 Å². The molecule has 0 aromatic carbocycles.